The summed E-state index contributed by atoms with van der Waals surface area (Å²) in [5.41, 5.74) is -0.513. The van der Waals surface area contributed by atoms with E-state index in [0.717, 1.165) is 0 Å². The van der Waals surface area contributed by atoms with Gasteiger partial charge in [0.1, 0.15) is 5.54 Å². The molecule has 0 aromatic rings. The second-order valence-corrected chi connectivity index (χ2v) is 6.96. The molecule has 1 saturated heterocycles. The van der Waals surface area contributed by atoms with Gasteiger partial charge in [0.2, 0.25) is 10.0 Å². The third-order valence-corrected chi connectivity index (χ3v) is 5.23. The minimum Gasteiger partial charge on any atom is -0.283 e. The minimum absolute atomic E-state index is 0.217. The Morgan fingerprint density at radius 3 is 2.18 bits per heavy atom. The smallest absolute Gasteiger partial charge is 0.214 e. The van der Waals surface area contributed by atoms with Crippen molar-refractivity contribution in [1.29, 1.82) is 5.26 Å². The lowest BCUT2D eigenvalue weighted by Crippen LogP contribution is -2.55. The predicted octanol–water partition coefficient (Wildman–Crippen LogP) is 0.646. The van der Waals surface area contributed by atoms with Gasteiger partial charge in [-0.1, -0.05) is 6.92 Å². The average molecular weight is 259 g/mol. The number of sulfonamides is 1. The second-order valence-electron chi connectivity index (χ2n) is 4.87. The largest absolute Gasteiger partial charge is 0.283 e. The van der Waals surface area contributed by atoms with Crippen LogP contribution in [0.25, 0.3) is 0 Å². The first-order valence-electron chi connectivity index (χ1n) is 5.97. The first kappa shape index (κ1) is 14.4. The summed E-state index contributed by atoms with van der Waals surface area (Å²) in [7, 11) is -3.09. The van der Waals surface area contributed by atoms with Crippen LogP contribution in [-0.4, -0.2) is 55.1 Å². The predicted molar refractivity (Wildman–Crippen MR) is 66.9 cm³/mol. The van der Waals surface area contributed by atoms with Gasteiger partial charge in [0.25, 0.3) is 0 Å². The molecule has 1 fully saturated rings. The van der Waals surface area contributed by atoms with E-state index in [1.54, 1.807) is 4.31 Å². The lowest BCUT2D eigenvalue weighted by Gasteiger charge is -2.39. The zero-order chi connectivity index (χ0) is 13.1. The summed E-state index contributed by atoms with van der Waals surface area (Å²) in [6, 6.07) is 2.25. The molecular formula is C11H21N3O2S. The molecular weight excluding hydrogens is 238 g/mol. The van der Waals surface area contributed by atoms with Crippen LogP contribution in [0.4, 0.5) is 0 Å². The van der Waals surface area contributed by atoms with Gasteiger partial charge in [0, 0.05) is 26.2 Å². The molecule has 1 aliphatic rings. The molecule has 5 nitrogen and oxygen atoms in total. The van der Waals surface area contributed by atoms with Crippen molar-refractivity contribution in [2.24, 2.45) is 0 Å². The Morgan fingerprint density at radius 2 is 1.76 bits per heavy atom. The molecule has 0 atom stereocenters. The molecule has 6 heteroatoms. The van der Waals surface area contributed by atoms with Crippen molar-refractivity contribution in [1.82, 2.24) is 9.21 Å². The first-order valence-corrected chi connectivity index (χ1v) is 7.58. The van der Waals surface area contributed by atoms with Crippen LogP contribution in [0.3, 0.4) is 0 Å². The maximum Gasteiger partial charge on any atom is 0.214 e. The van der Waals surface area contributed by atoms with Gasteiger partial charge < -0.3 is 0 Å². The van der Waals surface area contributed by atoms with E-state index in [9.17, 15) is 8.42 Å². The lowest BCUT2D eigenvalue weighted by molar-refractivity contribution is 0.115. The molecule has 0 N–H and O–H groups in total. The molecule has 17 heavy (non-hydrogen) atoms. The molecule has 0 saturated carbocycles. The number of nitrogens with zero attached hydrogens (tertiary/aromatic N) is 3. The number of piperazine rings is 1. The average Bonchev–Trinajstić information content (AvgIpc) is 2.29. The van der Waals surface area contributed by atoms with E-state index in [2.05, 4.69) is 6.07 Å². The van der Waals surface area contributed by atoms with Crippen LogP contribution in [0.2, 0.25) is 0 Å². The number of nitriles is 1. The molecule has 0 aliphatic carbocycles. The highest BCUT2D eigenvalue weighted by molar-refractivity contribution is 7.89. The van der Waals surface area contributed by atoms with E-state index in [4.69, 9.17) is 5.26 Å². The fourth-order valence-electron chi connectivity index (χ4n) is 1.98. The van der Waals surface area contributed by atoms with Gasteiger partial charge in [-0.3, -0.25) is 4.90 Å². The van der Waals surface area contributed by atoms with Crippen LogP contribution in [-0.2, 0) is 10.0 Å². The van der Waals surface area contributed by atoms with Crippen LogP contribution in [0.1, 0.15) is 27.2 Å². The zero-order valence-electron chi connectivity index (χ0n) is 10.8. The third-order valence-electron chi connectivity index (χ3n) is 3.16. The Kier molecular flexibility index (Phi) is 4.53. The number of hydrogen-bond acceptors (Lipinski definition) is 4. The number of hydrogen-bond donors (Lipinski definition) is 0. The van der Waals surface area contributed by atoms with Gasteiger partial charge in [0.05, 0.1) is 11.8 Å². The van der Waals surface area contributed by atoms with Crippen molar-refractivity contribution in [2.45, 2.75) is 32.7 Å². The van der Waals surface area contributed by atoms with Crippen molar-refractivity contribution < 1.29 is 8.42 Å². The first-order chi connectivity index (χ1) is 7.83. The molecule has 0 bridgehead atoms. The molecule has 1 rings (SSSR count). The molecule has 98 valence electrons. The summed E-state index contributed by atoms with van der Waals surface area (Å²) in [4.78, 5) is 2.03. The van der Waals surface area contributed by atoms with E-state index < -0.39 is 15.6 Å². The maximum absolute atomic E-state index is 11.9. The highest BCUT2D eigenvalue weighted by Gasteiger charge is 2.33. The molecule has 0 spiro atoms. The van der Waals surface area contributed by atoms with Gasteiger partial charge in [0.15, 0.2) is 0 Å². The van der Waals surface area contributed by atoms with Crippen LogP contribution in [0.5, 0.6) is 0 Å². The van der Waals surface area contributed by atoms with E-state index in [-0.39, 0.29) is 5.75 Å². The van der Waals surface area contributed by atoms with Crippen LogP contribution in [0.15, 0.2) is 0 Å². The highest BCUT2D eigenvalue weighted by Crippen LogP contribution is 2.17. The molecule has 0 amide bonds. The standard InChI is InChI=1S/C11H21N3O2S/c1-4-9-17(15,16)14-7-5-13(6-8-14)11(2,3)10-12/h4-9H2,1-3H3. The van der Waals surface area contributed by atoms with E-state index in [1.165, 1.54) is 0 Å². The third kappa shape index (κ3) is 3.41. The van der Waals surface area contributed by atoms with E-state index in [0.29, 0.717) is 32.6 Å². The highest BCUT2D eigenvalue weighted by atomic mass is 32.2. The maximum atomic E-state index is 11.9. The summed E-state index contributed by atoms with van der Waals surface area (Å²) >= 11 is 0. The van der Waals surface area contributed by atoms with Crippen LogP contribution in [0, 0.1) is 11.3 Å². The normalized spacial score (nSPS) is 20.1. The van der Waals surface area contributed by atoms with Gasteiger partial charge >= 0.3 is 0 Å². The minimum atomic E-state index is -3.09. The molecule has 0 unspecified atom stereocenters. The Hall–Kier alpha value is -0.640. The van der Waals surface area contributed by atoms with Crippen molar-refractivity contribution in [2.75, 3.05) is 31.9 Å². The number of rotatable bonds is 4. The SMILES string of the molecule is CCCS(=O)(=O)N1CCN(C(C)(C)C#N)CC1. The quantitative estimate of drug-likeness (QED) is 0.743. The fourth-order valence-corrected chi connectivity index (χ4v) is 3.48. The Morgan fingerprint density at radius 1 is 1.24 bits per heavy atom. The second kappa shape index (κ2) is 5.34. The Balaban J connectivity index is 2.61. The summed E-state index contributed by atoms with van der Waals surface area (Å²) in [5.74, 6) is 0.217. The van der Waals surface area contributed by atoms with E-state index in [1.807, 2.05) is 25.7 Å². The van der Waals surface area contributed by atoms with Crippen molar-refractivity contribution >= 4 is 10.0 Å². The Bertz CT molecular complexity index is 389. The van der Waals surface area contributed by atoms with Gasteiger partial charge in [-0.15, -0.1) is 0 Å². The Labute approximate surface area is 104 Å². The van der Waals surface area contributed by atoms with Crippen LogP contribution >= 0.6 is 0 Å². The molecule has 0 radical (unpaired) electrons. The zero-order valence-corrected chi connectivity index (χ0v) is 11.6. The van der Waals surface area contributed by atoms with Gasteiger partial charge in [-0.2, -0.15) is 9.57 Å². The van der Waals surface area contributed by atoms with Gasteiger partial charge in [-0.05, 0) is 20.3 Å². The monoisotopic (exact) mass is 259 g/mol. The molecule has 1 heterocycles. The topological polar surface area (TPSA) is 64.4 Å². The van der Waals surface area contributed by atoms with Crippen LogP contribution < -0.4 is 0 Å². The molecule has 0 aromatic carbocycles. The van der Waals surface area contributed by atoms with Gasteiger partial charge in [-0.25, -0.2) is 8.42 Å². The van der Waals surface area contributed by atoms with E-state index >= 15 is 0 Å². The van der Waals surface area contributed by atoms with Crippen molar-refractivity contribution in [3.8, 4) is 6.07 Å². The molecule has 0 aromatic heterocycles. The summed E-state index contributed by atoms with van der Waals surface area (Å²) < 4.78 is 25.2. The summed E-state index contributed by atoms with van der Waals surface area (Å²) in [6.07, 6.45) is 0.645. The fraction of sp³-hybridized carbons (Fsp3) is 0.909. The molecule has 1 aliphatic heterocycles. The van der Waals surface area contributed by atoms with Crippen molar-refractivity contribution in [3.63, 3.8) is 0 Å². The lowest BCUT2D eigenvalue weighted by atomic mass is 10.0. The summed E-state index contributed by atoms with van der Waals surface area (Å²) in [6.45, 7) is 7.84. The van der Waals surface area contributed by atoms with Crippen molar-refractivity contribution in [3.05, 3.63) is 0 Å². The summed E-state index contributed by atoms with van der Waals surface area (Å²) in [5, 5.41) is 9.03.